The van der Waals surface area contributed by atoms with Crippen molar-refractivity contribution < 1.29 is 14.2 Å². The van der Waals surface area contributed by atoms with Crippen molar-refractivity contribution in [3.8, 4) is 23.0 Å². The number of methoxy groups -OCH3 is 1. The Morgan fingerprint density at radius 2 is 1.50 bits per heavy atom. The fourth-order valence-corrected chi connectivity index (χ4v) is 3.22. The van der Waals surface area contributed by atoms with E-state index < -0.39 is 0 Å². The second-order valence-electron chi connectivity index (χ2n) is 6.96. The average molecular weight is 444 g/mol. The number of hydrogen-bond acceptors (Lipinski definition) is 4. The van der Waals surface area contributed by atoms with Gasteiger partial charge in [0.05, 0.1) is 12.8 Å². The van der Waals surface area contributed by atoms with Crippen LogP contribution in [0, 0.1) is 0 Å². The van der Waals surface area contributed by atoms with E-state index in [1.807, 2.05) is 97.1 Å². The van der Waals surface area contributed by atoms with E-state index >= 15 is 0 Å². The summed E-state index contributed by atoms with van der Waals surface area (Å²) in [6.07, 6.45) is 1.79. The number of para-hydroxylation sites is 1. The highest BCUT2D eigenvalue weighted by Gasteiger charge is 2.07. The number of nitrogens with zero attached hydrogens (tertiary/aromatic N) is 1. The molecule has 0 saturated carbocycles. The van der Waals surface area contributed by atoms with Gasteiger partial charge in [-0.3, -0.25) is 4.99 Å². The summed E-state index contributed by atoms with van der Waals surface area (Å²) in [5, 5.41) is 0.676. The molecule has 0 aliphatic heterocycles. The zero-order chi connectivity index (χ0) is 22.2. The molecule has 0 saturated heterocycles. The molecule has 0 bridgehead atoms. The van der Waals surface area contributed by atoms with Crippen LogP contribution in [0.15, 0.2) is 102 Å². The van der Waals surface area contributed by atoms with Gasteiger partial charge in [-0.15, -0.1) is 0 Å². The Hall–Kier alpha value is -3.76. The van der Waals surface area contributed by atoms with Crippen molar-refractivity contribution in [2.75, 3.05) is 7.11 Å². The van der Waals surface area contributed by atoms with E-state index in [4.69, 9.17) is 25.8 Å². The fourth-order valence-electron chi connectivity index (χ4n) is 3.03. The van der Waals surface area contributed by atoms with Crippen molar-refractivity contribution in [2.24, 2.45) is 4.99 Å². The Labute approximate surface area is 192 Å². The Bertz CT molecular complexity index is 1190. The maximum absolute atomic E-state index is 6.20. The molecule has 0 aliphatic rings. The Kier molecular flexibility index (Phi) is 7.05. The summed E-state index contributed by atoms with van der Waals surface area (Å²) in [5.74, 6) is 2.84. The number of rotatable bonds is 8. The molecule has 0 aliphatic carbocycles. The van der Waals surface area contributed by atoms with E-state index in [1.165, 1.54) is 0 Å². The molecule has 0 aromatic heterocycles. The molecule has 5 heteroatoms. The van der Waals surface area contributed by atoms with Gasteiger partial charge in [0.1, 0.15) is 18.1 Å². The van der Waals surface area contributed by atoms with Gasteiger partial charge in [-0.2, -0.15) is 0 Å². The summed E-state index contributed by atoms with van der Waals surface area (Å²) in [7, 11) is 1.62. The quantitative estimate of drug-likeness (QED) is 0.265. The summed E-state index contributed by atoms with van der Waals surface area (Å²) in [6.45, 7) is 0.362. The van der Waals surface area contributed by atoms with E-state index in [9.17, 15) is 0 Å². The van der Waals surface area contributed by atoms with Crippen LogP contribution >= 0.6 is 11.6 Å². The fraction of sp³-hybridized carbons (Fsp3) is 0.0741. The molecule has 4 rings (SSSR count). The summed E-state index contributed by atoms with van der Waals surface area (Å²) in [4.78, 5) is 4.54. The maximum atomic E-state index is 6.20. The summed E-state index contributed by atoms with van der Waals surface area (Å²) in [6, 6.07) is 30.6. The highest BCUT2D eigenvalue weighted by Crippen LogP contribution is 2.30. The smallest absolute Gasteiger partial charge is 0.161 e. The predicted molar refractivity (Wildman–Crippen MR) is 129 cm³/mol. The minimum Gasteiger partial charge on any atom is -0.493 e. The van der Waals surface area contributed by atoms with Crippen LogP contribution in [0.3, 0.4) is 0 Å². The second-order valence-corrected chi connectivity index (χ2v) is 7.36. The average Bonchev–Trinajstić information content (AvgIpc) is 2.84. The first-order valence-corrected chi connectivity index (χ1v) is 10.5. The number of ether oxygens (including phenoxy) is 3. The molecule has 0 heterocycles. The zero-order valence-electron chi connectivity index (χ0n) is 17.6. The van der Waals surface area contributed by atoms with Crippen LogP contribution in [-0.2, 0) is 6.61 Å². The van der Waals surface area contributed by atoms with Crippen LogP contribution in [0.5, 0.6) is 23.0 Å². The standard InChI is InChI=1S/C27H22ClNO3/c1-30-27-17-20(11-16-26(27)31-19-21-7-5-6-10-25(21)28)18-29-22-12-14-24(15-13-22)32-23-8-3-2-4-9-23/h2-18H,19H2,1H3. The lowest BCUT2D eigenvalue weighted by Gasteiger charge is -2.12. The van der Waals surface area contributed by atoms with Gasteiger partial charge in [-0.05, 0) is 66.2 Å². The van der Waals surface area contributed by atoms with Gasteiger partial charge < -0.3 is 14.2 Å². The van der Waals surface area contributed by atoms with Crippen LogP contribution in [0.2, 0.25) is 5.02 Å². The largest absolute Gasteiger partial charge is 0.493 e. The number of benzene rings is 4. The third-order valence-electron chi connectivity index (χ3n) is 4.71. The lowest BCUT2D eigenvalue weighted by atomic mass is 10.2. The van der Waals surface area contributed by atoms with Crippen LogP contribution in [0.1, 0.15) is 11.1 Å². The van der Waals surface area contributed by atoms with Crippen molar-refractivity contribution in [3.05, 3.63) is 113 Å². The molecule has 0 unspecified atom stereocenters. The number of hydrogen-bond donors (Lipinski definition) is 0. The summed E-state index contributed by atoms with van der Waals surface area (Å²) >= 11 is 6.20. The molecule has 0 fully saturated rings. The van der Waals surface area contributed by atoms with Crippen LogP contribution in [0.4, 0.5) is 5.69 Å². The van der Waals surface area contributed by atoms with E-state index in [2.05, 4.69) is 4.99 Å². The van der Waals surface area contributed by atoms with Crippen molar-refractivity contribution in [1.29, 1.82) is 0 Å². The van der Waals surface area contributed by atoms with E-state index in [0.29, 0.717) is 23.1 Å². The normalized spacial score (nSPS) is 10.8. The molecule has 160 valence electrons. The highest BCUT2D eigenvalue weighted by molar-refractivity contribution is 6.31. The zero-order valence-corrected chi connectivity index (χ0v) is 18.3. The van der Waals surface area contributed by atoms with E-state index in [-0.39, 0.29) is 0 Å². The monoisotopic (exact) mass is 443 g/mol. The van der Waals surface area contributed by atoms with Crippen molar-refractivity contribution in [3.63, 3.8) is 0 Å². The van der Waals surface area contributed by atoms with Crippen LogP contribution < -0.4 is 14.2 Å². The first kappa shape index (κ1) is 21.5. The molecule has 4 aromatic carbocycles. The van der Waals surface area contributed by atoms with Gasteiger partial charge >= 0.3 is 0 Å². The van der Waals surface area contributed by atoms with Gasteiger partial charge in [0.25, 0.3) is 0 Å². The Morgan fingerprint density at radius 1 is 0.781 bits per heavy atom. The molecule has 4 aromatic rings. The van der Waals surface area contributed by atoms with Gasteiger partial charge in [-0.25, -0.2) is 0 Å². The van der Waals surface area contributed by atoms with Gasteiger partial charge in [0.15, 0.2) is 11.5 Å². The second kappa shape index (κ2) is 10.5. The third kappa shape index (κ3) is 5.68. The Balaban J connectivity index is 1.41. The van der Waals surface area contributed by atoms with Crippen LogP contribution in [0.25, 0.3) is 0 Å². The van der Waals surface area contributed by atoms with Crippen molar-refractivity contribution in [2.45, 2.75) is 6.61 Å². The summed E-state index contributed by atoms with van der Waals surface area (Å²) < 4.78 is 17.2. The molecule has 0 spiro atoms. The first-order chi connectivity index (χ1) is 15.7. The first-order valence-electron chi connectivity index (χ1n) is 10.1. The van der Waals surface area contributed by atoms with E-state index in [1.54, 1.807) is 13.3 Å². The molecule has 32 heavy (non-hydrogen) atoms. The SMILES string of the molecule is COc1cc(C=Nc2ccc(Oc3ccccc3)cc2)ccc1OCc1ccccc1Cl. The number of aliphatic imine (C=N–C) groups is 1. The predicted octanol–water partition coefficient (Wildman–Crippen LogP) is 7.47. The number of halogens is 1. The molecule has 0 atom stereocenters. The highest BCUT2D eigenvalue weighted by atomic mass is 35.5. The minimum absolute atomic E-state index is 0.362. The molecule has 0 radical (unpaired) electrons. The van der Waals surface area contributed by atoms with Gasteiger partial charge in [0, 0.05) is 16.8 Å². The molecule has 0 amide bonds. The van der Waals surface area contributed by atoms with Gasteiger partial charge in [-0.1, -0.05) is 48.0 Å². The molecular formula is C27H22ClNO3. The van der Waals surface area contributed by atoms with E-state index in [0.717, 1.165) is 28.3 Å². The maximum Gasteiger partial charge on any atom is 0.161 e. The van der Waals surface area contributed by atoms with Gasteiger partial charge in [0.2, 0.25) is 0 Å². The minimum atomic E-state index is 0.362. The van der Waals surface area contributed by atoms with Crippen LogP contribution in [-0.4, -0.2) is 13.3 Å². The van der Waals surface area contributed by atoms with Crippen molar-refractivity contribution in [1.82, 2.24) is 0 Å². The molecule has 4 nitrogen and oxygen atoms in total. The lowest BCUT2D eigenvalue weighted by molar-refractivity contribution is 0.284. The lowest BCUT2D eigenvalue weighted by Crippen LogP contribution is -1.99. The molecule has 0 N–H and O–H groups in total. The summed E-state index contributed by atoms with van der Waals surface area (Å²) in [5.41, 5.74) is 2.64. The third-order valence-corrected chi connectivity index (χ3v) is 5.08. The Morgan fingerprint density at radius 3 is 2.25 bits per heavy atom. The topological polar surface area (TPSA) is 40.0 Å². The van der Waals surface area contributed by atoms with Crippen molar-refractivity contribution >= 4 is 23.5 Å². The molecular weight excluding hydrogens is 422 g/mol.